The molecule has 2 aromatic heterocycles. The van der Waals surface area contributed by atoms with Crippen LogP contribution >= 0.6 is 11.3 Å². The molecule has 0 atom stereocenters. The van der Waals surface area contributed by atoms with Crippen LogP contribution in [0.4, 0.5) is 4.39 Å². The molecule has 0 aliphatic heterocycles. The lowest BCUT2D eigenvalue weighted by molar-refractivity contribution is -0.123. The maximum Gasteiger partial charge on any atom is 0.258 e. The maximum atomic E-state index is 12.8. The van der Waals surface area contributed by atoms with Gasteiger partial charge < -0.3 is 10.1 Å². The highest BCUT2D eigenvalue weighted by molar-refractivity contribution is 7.18. The Morgan fingerprint density at radius 2 is 2.00 bits per heavy atom. The summed E-state index contributed by atoms with van der Waals surface area (Å²) < 4.78 is 18.4. The van der Waals surface area contributed by atoms with Gasteiger partial charge >= 0.3 is 0 Å². The van der Waals surface area contributed by atoms with E-state index in [2.05, 4.69) is 15.3 Å². The second-order valence-corrected chi connectivity index (χ2v) is 6.86. The number of hydrogen-bond donors (Lipinski definition) is 1. The number of halogens is 1. The Hall–Kier alpha value is -2.54. The van der Waals surface area contributed by atoms with Crippen molar-refractivity contribution in [3.63, 3.8) is 0 Å². The molecule has 0 unspecified atom stereocenters. The zero-order valence-electron chi connectivity index (χ0n) is 14.0. The van der Waals surface area contributed by atoms with Crippen LogP contribution in [0.5, 0.6) is 5.88 Å². The molecule has 0 bridgehead atoms. The number of rotatable bonds is 6. The molecule has 0 aliphatic carbocycles. The average Bonchev–Trinajstić information content (AvgIpc) is 2.90. The highest BCUT2D eigenvalue weighted by Gasteiger charge is 2.14. The van der Waals surface area contributed by atoms with Crippen LogP contribution in [0, 0.1) is 19.7 Å². The number of amides is 1. The van der Waals surface area contributed by atoms with Crippen molar-refractivity contribution >= 4 is 27.5 Å². The van der Waals surface area contributed by atoms with Gasteiger partial charge in [-0.25, -0.2) is 14.4 Å². The van der Waals surface area contributed by atoms with Crippen LogP contribution in [0.3, 0.4) is 0 Å². The van der Waals surface area contributed by atoms with Crippen molar-refractivity contribution in [1.82, 2.24) is 15.3 Å². The largest absolute Gasteiger partial charge is 0.467 e. The molecule has 25 heavy (non-hydrogen) atoms. The molecule has 3 aromatic rings. The zero-order chi connectivity index (χ0) is 17.8. The smallest absolute Gasteiger partial charge is 0.258 e. The lowest BCUT2D eigenvalue weighted by atomic mass is 10.1. The normalized spacial score (nSPS) is 10.8. The lowest BCUT2D eigenvalue weighted by Crippen LogP contribution is -2.30. The monoisotopic (exact) mass is 359 g/mol. The number of nitrogens with one attached hydrogen (secondary N) is 1. The van der Waals surface area contributed by atoms with Gasteiger partial charge in [0, 0.05) is 11.4 Å². The molecule has 0 saturated carbocycles. The summed E-state index contributed by atoms with van der Waals surface area (Å²) in [6.07, 6.45) is 2.08. The van der Waals surface area contributed by atoms with Gasteiger partial charge in [0.1, 0.15) is 17.0 Å². The first kappa shape index (κ1) is 17.3. The van der Waals surface area contributed by atoms with E-state index in [1.54, 1.807) is 23.5 Å². The van der Waals surface area contributed by atoms with Gasteiger partial charge in [0.2, 0.25) is 5.88 Å². The number of benzene rings is 1. The fourth-order valence-corrected chi connectivity index (χ4v) is 3.43. The molecule has 1 aromatic carbocycles. The second kappa shape index (κ2) is 7.57. The maximum absolute atomic E-state index is 12.8. The summed E-state index contributed by atoms with van der Waals surface area (Å²) in [5.41, 5.74) is 2.04. The molecule has 3 rings (SSSR count). The van der Waals surface area contributed by atoms with E-state index >= 15 is 0 Å². The van der Waals surface area contributed by atoms with Crippen LogP contribution in [0.2, 0.25) is 0 Å². The molecule has 130 valence electrons. The number of hydrogen-bond acceptors (Lipinski definition) is 5. The minimum Gasteiger partial charge on any atom is -0.467 e. The third-order valence-corrected chi connectivity index (χ3v) is 5.03. The minimum atomic E-state index is -0.267. The van der Waals surface area contributed by atoms with Crippen LogP contribution < -0.4 is 10.1 Å². The van der Waals surface area contributed by atoms with Gasteiger partial charge in [-0.3, -0.25) is 4.79 Å². The number of fused-ring (bicyclic) bond motifs is 1. The van der Waals surface area contributed by atoms with E-state index in [9.17, 15) is 9.18 Å². The van der Waals surface area contributed by atoms with E-state index in [0.717, 1.165) is 26.2 Å². The van der Waals surface area contributed by atoms with E-state index < -0.39 is 0 Å². The van der Waals surface area contributed by atoms with Gasteiger partial charge in [0.05, 0.1) is 5.39 Å². The van der Waals surface area contributed by atoms with E-state index in [-0.39, 0.29) is 18.3 Å². The number of aromatic nitrogens is 2. The molecule has 0 aliphatic rings. The fourth-order valence-electron chi connectivity index (χ4n) is 2.44. The Balaban J connectivity index is 1.53. The lowest BCUT2D eigenvalue weighted by Gasteiger charge is -2.08. The van der Waals surface area contributed by atoms with Gasteiger partial charge in [-0.1, -0.05) is 12.1 Å². The van der Waals surface area contributed by atoms with Crippen molar-refractivity contribution < 1.29 is 13.9 Å². The number of thiophene rings is 1. The molecule has 0 spiro atoms. The van der Waals surface area contributed by atoms with Gasteiger partial charge in [-0.15, -0.1) is 11.3 Å². The van der Waals surface area contributed by atoms with E-state index in [0.29, 0.717) is 18.8 Å². The summed E-state index contributed by atoms with van der Waals surface area (Å²) in [4.78, 5) is 22.4. The predicted molar refractivity (Wildman–Crippen MR) is 95.5 cm³/mol. The molecular weight excluding hydrogens is 341 g/mol. The highest BCUT2D eigenvalue weighted by atomic mass is 32.1. The van der Waals surface area contributed by atoms with Crippen LogP contribution in [0.1, 0.15) is 16.0 Å². The number of nitrogens with zero attached hydrogens (tertiary/aromatic N) is 2. The Kier molecular flexibility index (Phi) is 5.23. The number of carbonyl (C=O) groups is 1. The van der Waals surface area contributed by atoms with E-state index in [1.165, 1.54) is 18.5 Å². The minimum absolute atomic E-state index is 0.107. The van der Waals surface area contributed by atoms with E-state index in [4.69, 9.17) is 4.74 Å². The molecule has 1 N–H and O–H groups in total. The van der Waals surface area contributed by atoms with Gasteiger partial charge in [0.15, 0.2) is 6.61 Å². The number of aryl methyl sites for hydroxylation is 2. The van der Waals surface area contributed by atoms with Gasteiger partial charge in [-0.2, -0.15) is 0 Å². The Morgan fingerprint density at radius 1 is 1.24 bits per heavy atom. The molecule has 0 radical (unpaired) electrons. The van der Waals surface area contributed by atoms with Crippen LogP contribution in [-0.4, -0.2) is 29.0 Å². The molecule has 1 amide bonds. The summed E-state index contributed by atoms with van der Waals surface area (Å²) in [7, 11) is 0. The summed E-state index contributed by atoms with van der Waals surface area (Å²) in [6.45, 7) is 4.37. The molecule has 2 heterocycles. The summed E-state index contributed by atoms with van der Waals surface area (Å²) in [5.74, 6) is -0.0599. The average molecular weight is 359 g/mol. The van der Waals surface area contributed by atoms with Gasteiger partial charge in [0.25, 0.3) is 5.91 Å². The topological polar surface area (TPSA) is 64.1 Å². The van der Waals surface area contributed by atoms with Crippen LogP contribution in [-0.2, 0) is 11.2 Å². The van der Waals surface area contributed by atoms with Crippen molar-refractivity contribution in [3.05, 3.63) is 52.4 Å². The van der Waals surface area contributed by atoms with Crippen molar-refractivity contribution in [2.24, 2.45) is 0 Å². The van der Waals surface area contributed by atoms with Crippen molar-refractivity contribution in [2.45, 2.75) is 20.3 Å². The Bertz CT molecular complexity index is 893. The molecular formula is C18H18FN3O2S. The zero-order valence-corrected chi connectivity index (χ0v) is 14.8. The predicted octanol–water partition coefficient (Wildman–Crippen LogP) is 3.18. The third kappa shape index (κ3) is 4.11. The molecule has 0 fully saturated rings. The van der Waals surface area contributed by atoms with E-state index in [1.807, 2.05) is 13.8 Å². The number of carbonyl (C=O) groups excluding carboxylic acids is 1. The summed E-state index contributed by atoms with van der Waals surface area (Å²) in [6, 6.07) is 6.23. The first-order valence-electron chi connectivity index (χ1n) is 7.89. The standard InChI is InChI=1S/C18H18FN3O2S/c1-11-12(2)25-18-16(11)17(21-10-22-18)24-9-15(23)20-8-7-13-3-5-14(19)6-4-13/h3-6,10H,7-9H2,1-2H3,(H,20,23). The van der Waals surface area contributed by atoms with Crippen molar-refractivity contribution in [1.29, 1.82) is 0 Å². The fraction of sp³-hybridized carbons (Fsp3) is 0.278. The summed E-state index contributed by atoms with van der Waals surface area (Å²) in [5, 5.41) is 3.65. The van der Waals surface area contributed by atoms with Crippen molar-refractivity contribution in [3.8, 4) is 5.88 Å². The Labute approximate surface area is 148 Å². The SMILES string of the molecule is Cc1sc2ncnc(OCC(=O)NCCc3ccc(F)cc3)c2c1C. The molecule has 7 heteroatoms. The Morgan fingerprint density at radius 3 is 2.76 bits per heavy atom. The van der Waals surface area contributed by atoms with Gasteiger partial charge in [-0.05, 0) is 43.5 Å². The molecule has 0 saturated heterocycles. The second-order valence-electron chi connectivity index (χ2n) is 5.66. The first-order chi connectivity index (χ1) is 12.0. The third-order valence-electron chi connectivity index (χ3n) is 3.92. The number of ether oxygens (including phenoxy) is 1. The molecule has 5 nitrogen and oxygen atoms in total. The quantitative estimate of drug-likeness (QED) is 0.734. The summed E-state index contributed by atoms with van der Waals surface area (Å²) >= 11 is 1.58. The highest BCUT2D eigenvalue weighted by Crippen LogP contribution is 2.33. The van der Waals surface area contributed by atoms with Crippen LogP contribution in [0.15, 0.2) is 30.6 Å². The van der Waals surface area contributed by atoms with Crippen molar-refractivity contribution in [2.75, 3.05) is 13.2 Å². The first-order valence-corrected chi connectivity index (χ1v) is 8.71. The van der Waals surface area contributed by atoms with Crippen LogP contribution in [0.25, 0.3) is 10.2 Å².